The highest BCUT2D eigenvalue weighted by molar-refractivity contribution is 5.76. The maximum Gasteiger partial charge on any atom is 0.222 e. The molecule has 2 heterocycles. The first-order valence-electron chi connectivity index (χ1n) is 9.85. The molecule has 3 rings (SSSR count). The van der Waals surface area contributed by atoms with Crippen molar-refractivity contribution in [2.24, 2.45) is 0 Å². The highest BCUT2D eigenvalue weighted by Gasteiger charge is 2.20. The van der Waals surface area contributed by atoms with Crippen molar-refractivity contribution in [3.8, 4) is 0 Å². The van der Waals surface area contributed by atoms with E-state index in [0.29, 0.717) is 6.42 Å². The Morgan fingerprint density at radius 1 is 1.00 bits per heavy atom. The smallest absolute Gasteiger partial charge is 0.222 e. The number of nitrogens with zero attached hydrogens (tertiary/aromatic N) is 3. The summed E-state index contributed by atoms with van der Waals surface area (Å²) in [5.41, 5.74) is 1.98. The first kappa shape index (κ1) is 19.5. The van der Waals surface area contributed by atoms with Gasteiger partial charge in [-0.25, -0.2) is 4.39 Å². The quantitative estimate of drug-likeness (QED) is 0.716. The van der Waals surface area contributed by atoms with E-state index in [1.54, 1.807) is 12.3 Å². The van der Waals surface area contributed by atoms with Crippen molar-refractivity contribution in [3.63, 3.8) is 0 Å². The van der Waals surface area contributed by atoms with Gasteiger partial charge >= 0.3 is 0 Å². The molecule has 1 fully saturated rings. The monoisotopic (exact) mass is 369 g/mol. The van der Waals surface area contributed by atoms with Crippen LogP contribution in [-0.2, 0) is 17.6 Å². The Morgan fingerprint density at radius 2 is 1.81 bits per heavy atom. The average molecular weight is 369 g/mol. The maximum atomic E-state index is 13.6. The first-order chi connectivity index (χ1) is 13.2. The summed E-state index contributed by atoms with van der Waals surface area (Å²) >= 11 is 0. The van der Waals surface area contributed by atoms with Crippen LogP contribution < -0.4 is 0 Å². The molecule has 0 saturated carbocycles. The van der Waals surface area contributed by atoms with E-state index in [1.807, 2.05) is 29.3 Å². The molecule has 1 saturated heterocycles. The second-order valence-corrected chi connectivity index (χ2v) is 7.13. The summed E-state index contributed by atoms with van der Waals surface area (Å²) in [4.78, 5) is 20.8. The number of rotatable bonds is 8. The normalized spacial score (nSPS) is 15.1. The molecule has 1 aromatic carbocycles. The summed E-state index contributed by atoms with van der Waals surface area (Å²) < 4.78 is 13.6. The third-order valence-electron chi connectivity index (χ3n) is 5.18. The van der Waals surface area contributed by atoms with Crippen LogP contribution in [0.1, 0.15) is 30.4 Å². The number of hydrogen-bond donors (Lipinski definition) is 0. The Morgan fingerprint density at radius 3 is 2.56 bits per heavy atom. The van der Waals surface area contributed by atoms with Crippen molar-refractivity contribution < 1.29 is 9.18 Å². The zero-order valence-corrected chi connectivity index (χ0v) is 15.8. The standard InChI is InChI=1S/C22H28FN3O/c23-21-10-2-1-8-20(21)9-5-13-25-14-16-26(17-15-25)22(27)11-3-6-19-7-4-12-24-18-19/h1-2,4,7-8,10,12,18H,3,5-6,9,11,13-17H2. The summed E-state index contributed by atoms with van der Waals surface area (Å²) in [5, 5.41) is 0. The molecule has 0 aliphatic carbocycles. The summed E-state index contributed by atoms with van der Waals surface area (Å²) in [7, 11) is 0. The van der Waals surface area contributed by atoms with Gasteiger partial charge in [-0.3, -0.25) is 14.7 Å². The fraction of sp³-hybridized carbons (Fsp3) is 0.455. The maximum absolute atomic E-state index is 13.6. The molecular weight excluding hydrogens is 341 g/mol. The van der Waals surface area contributed by atoms with Gasteiger partial charge in [0.25, 0.3) is 0 Å². The number of aryl methyl sites for hydroxylation is 2. The largest absolute Gasteiger partial charge is 0.340 e. The number of carbonyl (C=O) groups excluding carboxylic acids is 1. The Bertz CT molecular complexity index is 715. The van der Waals surface area contributed by atoms with E-state index >= 15 is 0 Å². The minimum Gasteiger partial charge on any atom is -0.340 e. The first-order valence-corrected chi connectivity index (χ1v) is 9.85. The number of amides is 1. The zero-order valence-electron chi connectivity index (χ0n) is 15.8. The number of piperazine rings is 1. The number of pyridine rings is 1. The predicted molar refractivity (Wildman–Crippen MR) is 105 cm³/mol. The van der Waals surface area contributed by atoms with Gasteiger partial charge < -0.3 is 4.90 Å². The average Bonchev–Trinajstić information content (AvgIpc) is 2.71. The SMILES string of the molecule is O=C(CCCc1cccnc1)N1CCN(CCCc2ccccc2F)CC1. The molecule has 2 aromatic rings. The van der Waals surface area contributed by atoms with Crippen molar-refractivity contribution in [1.29, 1.82) is 0 Å². The predicted octanol–water partition coefficient (Wildman–Crippen LogP) is 3.32. The number of aromatic nitrogens is 1. The van der Waals surface area contributed by atoms with E-state index in [9.17, 15) is 9.18 Å². The minimum absolute atomic E-state index is 0.112. The molecule has 0 bridgehead atoms. The van der Waals surface area contributed by atoms with Crippen LogP contribution in [-0.4, -0.2) is 53.4 Å². The van der Waals surface area contributed by atoms with Crippen LogP contribution in [0.25, 0.3) is 0 Å². The molecule has 144 valence electrons. The van der Waals surface area contributed by atoms with Gasteiger partial charge in [0.1, 0.15) is 5.82 Å². The molecule has 0 radical (unpaired) electrons. The van der Waals surface area contributed by atoms with Gasteiger partial charge in [0.15, 0.2) is 0 Å². The summed E-state index contributed by atoms with van der Waals surface area (Å²) in [6.07, 6.45) is 7.71. The van der Waals surface area contributed by atoms with Crippen LogP contribution in [0.3, 0.4) is 0 Å². The minimum atomic E-state index is -0.112. The van der Waals surface area contributed by atoms with Crippen LogP contribution in [0, 0.1) is 5.82 Å². The van der Waals surface area contributed by atoms with Crippen LogP contribution >= 0.6 is 0 Å². The van der Waals surface area contributed by atoms with Crippen molar-refractivity contribution in [3.05, 3.63) is 65.7 Å². The molecule has 4 nitrogen and oxygen atoms in total. The molecule has 0 unspecified atom stereocenters. The molecule has 1 aliphatic rings. The zero-order chi connectivity index (χ0) is 18.9. The van der Waals surface area contributed by atoms with Crippen LogP contribution in [0.2, 0.25) is 0 Å². The Hall–Kier alpha value is -2.27. The van der Waals surface area contributed by atoms with E-state index in [0.717, 1.165) is 64.0 Å². The number of hydrogen-bond acceptors (Lipinski definition) is 3. The van der Waals surface area contributed by atoms with Gasteiger partial charge in [0.2, 0.25) is 5.91 Å². The Kier molecular flexibility index (Phi) is 7.34. The fourth-order valence-electron chi connectivity index (χ4n) is 3.56. The summed E-state index contributed by atoms with van der Waals surface area (Å²) in [6, 6.07) is 11.0. The topological polar surface area (TPSA) is 36.4 Å². The van der Waals surface area contributed by atoms with Gasteiger partial charge in [0.05, 0.1) is 0 Å². The van der Waals surface area contributed by atoms with Crippen LogP contribution in [0.5, 0.6) is 0 Å². The molecule has 0 atom stereocenters. The van der Waals surface area contributed by atoms with Crippen LogP contribution in [0.15, 0.2) is 48.8 Å². The lowest BCUT2D eigenvalue weighted by Gasteiger charge is -2.34. The van der Waals surface area contributed by atoms with Crippen molar-refractivity contribution in [2.45, 2.75) is 32.1 Å². The summed E-state index contributed by atoms with van der Waals surface area (Å²) in [6.45, 7) is 4.37. The fourth-order valence-corrected chi connectivity index (χ4v) is 3.56. The van der Waals surface area contributed by atoms with E-state index in [-0.39, 0.29) is 11.7 Å². The van der Waals surface area contributed by atoms with Gasteiger partial charge in [-0.05, 0) is 55.5 Å². The van der Waals surface area contributed by atoms with E-state index in [2.05, 4.69) is 16.0 Å². The molecule has 1 aliphatic heterocycles. The van der Waals surface area contributed by atoms with E-state index in [4.69, 9.17) is 0 Å². The van der Waals surface area contributed by atoms with Crippen molar-refractivity contribution >= 4 is 5.91 Å². The third kappa shape index (κ3) is 6.14. The van der Waals surface area contributed by atoms with E-state index in [1.165, 1.54) is 11.6 Å². The number of carbonyl (C=O) groups is 1. The molecule has 1 aromatic heterocycles. The van der Waals surface area contributed by atoms with Crippen molar-refractivity contribution in [1.82, 2.24) is 14.8 Å². The van der Waals surface area contributed by atoms with Gasteiger partial charge in [-0.2, -0.15) is 0 Å². The molecular formula is C22H28FN3O. The lowest BCUT2D eigenvalue weighted by atomic mass is 10.1. The second kappa shape index (κ2) is 10.2. The van der Waals surface area contributed by atoms with Gasteiger partial charge in [0, 0.05) is 45.0 Å². The molecule has 0 spiro atoms. The Balaban J connectivity index is 1.31. The summed E-state index contributed by atoms with van der Waals surface area (Å²) in [5.74, 6) is 0.143. The molecule has 5 heteroatoms. The lowest BCUT2D eigenvalue weighted by Crippen LogP contribution is -2.48. The van der Waals surface area contributed by atoms with Crippen LogP contribution in [0.4, 0.5) is 4.39 Å². The Labute approximate surface area is 161 Å². The second-order valence-electron chi connectivity index (χ2n) is 7.13. The number of halogens is 1. The molecule has 1 amide bonds. The third-order valence-corrected chi connectivity index (χ3v) is 5.18. The highest BCUT2D eigenvalue weighted by Crippen LogP contribution is 2.11. The molecule has 27 heavy (non-hydrogen) atoms. The van der Waals surface area contributed by atoms with Crippen molar-refractivity contribution in [2.75, 3.05) is 32.7 Å². The van der Waals surface area contributed by atoms with E-state index < -0.39 is 0 Å². The lowest BCUT2D eigenvalue weighted by molar-refractivity contribution is -0.133. The molecule has 0 N–H and O–H groups in total. The number of benzene rings is 1. The van der Waals surface area contributed by atoms with Gasteiger partial charge in [-0.15, -0.1) is 0 Å². The van der Waals surface area contributed by atoms with Gasteiger partial charge in [-0.1, -0.05) is 24.3 Å². The highest BCUT2D eigenvalue weighted by atomic mass is 19.1.